The molecule has 4 nitrogen and oxygen atoms in total. The maximum Gasteiger partial charge on any atom is 0.0716 e. The van der Waals surface area contributed by atoms with E-state index in [0.717, 1.165) is 0 Å². The molecule has 21 heavy (non-hydrogen) atoms. The quantitative estimate of drug-likeness (QED) is 0.846. The van der Waals surface area contributed by atoms with Crippen LogP contribution in [0.2, 0.25) is 0 Å². The molecule has 1 aliphatic heterocycles. The Hall–Kier alpha value is -0.940. The molecule has 1 aromatic rings. The summed E-state index contributed by atoms with van der Waals surface area (Å²) in [6.45, 7) is 5.78. The first-order valence-corrected chi connectivity index (χ1v) is 7.98. The zero-order chi connectivity index (χ0) is 15.2. The standard InChI is InChI=1S/C17H29N3O/c1-13-7-6-8-14(2)20(13)19-17(11-18)16-10-5-4-9-15(16)12-21-3/h4-5,9-10,13-14,17,19H,6-8,11-12,18H2,1-3H3. The van der Waals surface area contributed by atoms with Crippen LogP contribution in [-0.2, 0) is 11.3 Å². The van der Waals surface area contributed by atoms with Gasteiger partial charge in [-0.1, -0.05) is 30.7 Å². The van der Waals surface area contributed by atoms with Crippen molar-refractivity contribution in [1.29, 1.82) is 0 Å². The van der Waals surface area contributed by atoms with Crippen LogP contribution in [0.4, 0.5) is 0 Å². The highest BCUT2D eigenvalue weighted by molar-refractivity contribution is 5.29. The molecule has 118 valence electrons. The van der Waals surface area contributed by atoms with Gasteiger partial charge in [0.15, 0.2) is 0 Å². The minimum absolute atomic E-state index is 0.138. The number of rotatable bonds is 6. The summed E-state index contributed by atoms with van der Waals surface area (Å²) >= 11 is 0. The van der Waals surface area contributed by atoms with Crippen molar-refractivity contribution in [3.05, 3.63) is 35.4 Å². The Labute approximate surface area is 128 Å². The zero-order valence-electron chi connectivity index (χ0n) is 13.5. The SMILES string of the molecule is COCc1ccccc1C(CN)NN1C(C)CCCC1C. The van der Waals surface area contributed by atoms with Crippen LogP contribution >= 0.6 is 0 Å². The molecular weight excluding hydrogens is 262 g/mol. The number of methoxy groups -OCH3 is 1. The molecule has 0 saturated carbocycles. The number of ether oxygens (including phenoxy) is 1. The molecule has 0 amide bonds. The zero-order valence-corrected chi connectivity index (χ0v) is 13.5. The van der Waals surface area contributed by atoms with Crippen LogP contribution in [0.25, 0.3) is 0 Å². The summed E-state index contributed by atoms with van der Waals surface area (Å²) in [6.07, 6.45) is 3.80. The molecule has 0 spiro atoms. The minimum atomic E-state index is 0.138. The molecule has 1 aliphatic rings. The second kappa shape index (κ2) is 7.90. The van der Waals surface area contributed by atoms with Crippen LogP contribution in [0.5, 0.6) is 0 Å². The molecule has 4 heteroatoms. The lowest BCUT2D eigenvalue weighted by Crippen LogP contribution is -2.54. The van der Waals surface area contributed by atoms with Crippen LogP contribution in [0.15, 0.2) is 24.3 Å². The van der Waals surface area contributed by atoms with Gasteiger partial charge in [-0.25, -0.2) is 10.4 Å². The highest BCUT2D eigenvalue weighted by atomic mass is 16.5. The van der Waals surface area contributed by atoms with Crippen molar-refractivity contribution in [2.75, 3.05) is 13.7 Å². The summed E-state index contributed by atoms with van der Waals surface area (Å²) < 4.78 is 5.31. The Morgan fingerprint density at radius 3 is 2.57 bits per heavy atom. The van der Waals surface area contributed by atoms with E-state index >= 15 is 0 Å². The summed E-state index contributed by atoms with van der Waals surface area (Å²) in [7, 11) is 1.73. The average molecular weight is 291 g/mol. The Morgan fingerprint density at radius 1 is 1.29 bits per heavy atom. The Balaban J connectivity index is 2.15. The Morgan fingerprint density at radius 2 is 1.95 bits per heavy atom. The number of hydrogen-bond acceptors (Lipinski definition) is 4. The molecule has 0 aromatic heterocycles. The van der Waals surface area contributed by atoms with E-state index in [-0.39, 0.29) is 6.04 Å². The van der Waals surface area contributed by atoms with Crippen molar-refractivity contribution in [3.63, 3.8) is 0 Å². The van der Waals surface area contributed by atoms with E-state index in [2.05, 4.69) is 48.5 Å². The Kier molecular flexibility index (Phi) is 6.18. The predicted molar refractivity (Wildman–Crippen MR) is 86.7 cm³/mol. The van der Waals surface area contributed by atoms with Gasteiger partial charge in [0.05, 0.1) is 12.6 Å². The largest absolute Gasteiger partial charge is 0.380 e. The number of piperidine rings is 1. The fourth-order valence-corrected chi connectivity index (χ4v) is 3.27. The predicted octanol–water partition coefficient (Wildman–Crippen LogP) is 2.60. The van der Waals surface area contributed by atoms with E-state index in [1.54, 1.807) is 7.11 Å². The maximum atomic E-state index is 6.05. The third kappa shape index (κ3) is 4.04. The maximum absolute atomic E-state index is 6.05. The van der Waals surface area contributed by atoms with Crippen molar-refractivity contribution in [2.24, 2.45) is 5.73 Å². The van der Waals surface area contributed by atoms with Gasteiger partial charge < -0.3 is 10.5 Å². The summed E-state index contributed by atoms with van der Waals surface area (Å²) in [5.41, 5.74) is 12.2. The van der Waals surface area contributed by atoms with Crippen molar-refractivity contribution in [2.45, 2.75) is 57.8 Å². The summed E-state index contributed by atoms with van der Waals surface area (Å²) in [5, 5.41) is 2.39. The molecule has 0 bridgehead atoms. The fourth-order valence-electron chi connectivity index (χ4n) is 3.27. The first-order valence-electron chi connectivity index (χ1n) is 7.98. The lowest BCUT2D eigenvalue weighted by atomic mass is 9.98. The first-order chi connectivity index (χ1) is 10.2. The molecule has 0 radical (unpaired) electrons. The minimum Gasteiger partial charge on any atom is -0.380 e. The topological polar surface area (TPSA) is 50.5 Å². The van der Waals surface area contributed by atoms with E-state index in [1.807, 2.05) is 0 Å². The molecule has 3 unspecified atom stereocenters. The van der Waals surface area contributed by atoms with Gasteiger partial charge in [-0.05, 0) is 37.8 Å². The van der Waals surface area contributed by atoms with E-state index in [1.165, 1.54) is 30.4 Å². The third-order valence-electron chi connectivity index (χ3n) is 4.46. The lowest BCUT2D eigenvalue weighted by Gasteiger charge is -2.41. The van der Waals surface area contributed by atoms with Crippen molar-refractivity contribution in [1.82, 2.24) is 10.4 Å². The van der Waals surface area contributed by atoms with Gasteiger partial charge in [0, 0.05) is 25.7 Å². The summed E-state index contributed by atoms with van der Waals surface area (Å²) in [4.78, 5) is 0. The Bertz CT molecular complexity index is 428. The fraction of sp³-hybridized carbons (Fsp3) is 0.647. The number of nitrogens with zero attached hydrogens (tertiary/aromatic N) is 1. The highest BCUT2D eigenvalue weighted by Gasteiger charge is 2.27. The molecule has 3 atom stereocenters. The number of nitrogens with two attached hydrogens (primary N) is 1. The monoisotopic (exact) mass is 291 g/mol. The molecule has 1 aromatic carbocycles. The van der Waals surface area contributed by atoms with Crippen LogP contribution in [-0.4, -0.2) is 30.7 Å². The molecule has 1 saturated heterocycles. The smallest absolute Gasteiger partial charge is 0.0716 e. The van der Waals surface area contributed by atoms with Crippen LogP contribution < -0.4 is 11.2 Å². The molecule has 2 rings (SSSR count). The number of benzene rings is 1. The van der Waals surface area contributed by atoms with Gasteiger partial charge in [-0.2, -0.15) is 0 Å². The molecule has 3 N–H and O–H groups in total. The third-order valence-corrected chi connectivity index (χ3v) is 4.46. The number of hydrogen-bond donors (Lipinski definition) is 2. The van der Waals surface area contributed by atoms with E-state index in [9.17, 15) is 0 Å². The van der Waals surface area contributed by atoms with Crippen LogP contribution in [0.3, 0.4) is 0 Å². The van der Waals surface area contributed by atoms with Crippen LogP contribution in [0.1, 0.15) is 50.3 Å². The molecule has 1 fully saturated rings. The average Bonchev–Trinajstić information content (AvgIpc) is 2.48. The molecular formula is C17H29N3O. The summed E-state index contributed by atoms with van der Waals surface area (Å²) in [6, 6.07) is 9.64. The normalized spacial score (nSPS) is 25.0. The van der Waals surface area contributed by atoms with Crippen molar-refractivity contribution >= 4 is 0 Å². The van der Waals surface area contributed by atoms with Crippen molar-refractivity contribution < 1.29 is 4.74 Å². The van der Waals surface area contributed by atoms with Gasteiger partial charge >= 0.3 is 0 Å². The van der Waals surface area contributed by atoms with E-state index in [4.69, 9.17) is 10.5 Å². The number of nitrogens with one attached hydrogen (secondary N) is 1. The van der Waals surface area contributed by atoms with Crippen LogP contribution in [0, 0.1) is 0 Å². The van der Waals surface area contributed by atoms with Gasteiger partial charge in [0.2, 0.25) is 0 Å². The summed E-state index contributed by atoms with van der Waals surface area (Å²) in [5.74, 6) is 0. The van der Waals surface area contributed by atoms with Crippen molar-refractivity contribution in [3.8, 4) is 0 Å². The van der Waals surface area contributed by atoms with Gasteiger partial charge in [0.25, 0.3) is 0 Å². The van der Waals surface area contributed by atoms with E-state index in [0.29, 0.717) is 25.2 Å². The number of hydrazine groups is 1. The second-order valence-electron chi connectivity index (χ2n) is 6.09. The highest BCUT2D eigenvalue weighted by Crippen LogP contribution is 2.24. The lowest BCUT2D eigenvalue weighted by molar-refractivity contribution is 0.0300. The first kappa shape index (κ1) is 16.4. The second-order valence-corrected chi connectivity index (χ2v) is 6.09. The molecule has 0 aliphatic carbocycles. The van der Waals surface area contributed by atoms with Gasteiger partial charge in [-0.15, -0.1) is 0 Å². The van der Waals surface area contributed by atoms with E-state index < -0.39 is 0 Å². The van der Waals surface area contributed by atoms with Gasteiger partial charge in [-0.3, -0.25) is 0 Å². The van der Waals surface area contributed by atoms with Gasteiger partial charge in [0.1, 0.15) is 0 Å². The molecule has 1 heterocycles.